The van der Waals surface area contributed by atoms with Crippen LogP contribution in [0.15, 0.2) is 30.3 Å². The standard InChI is InChI=1S/C17H21N3O4/c1-4-5-14(17(22)23)18-16(21)15-10-11(2)20(19-15)12-6-8-13(24-3)9-7-12/h6-10,14H,4-5H2,1-3H3,(H,18,21)(H,22,23). The van der Waals surface area contributed by atoms with Gasteiger partial charge in [0.2, 0.25) is 0 Å². The lowest BCUT2D eigenvalue weighted by molar-refractivity contribution is -0.139. The van der Waals surface area contributed by atoms with Crippen molar-refractivity contribution in [3.05, 3.63) is 41.7 Å². The molecule has 0 saturated heterocycles. The Morgan fingerprint density at radius 1 is 1.33 bits per heavy atom. The summed E-state index contributed by atoms with van der Waals surface area (Å²) in [6.45, 7) is 3.69. The highest BCUT2D eigenvalue weighted by molar-refractivity contribution is 5.95. The van der Waals surface area contributed by atoms with E-state index in [1.165, 1.54) is 0 Å². The van der Waals surface area contributed by atoms with Gasteiger partial charge in [-0.2, -0.15) is 5.10 Å². The molecular formula is C17H21N3O4. The van der Waals surface area contributed by atoms with Gasteiger partial charge in [-0.3, -0.25) is 4.79 Å². The van der Waals surface area contributed by atoms with Gasteiger partial charge in [0, 0.05) is 5.69 Å². The average molecular weight is 331 g/mol. The minimum absolute atomic E-state index is 0.186. The summed E-state index contributed by atoms with van der Waals surface area (Å²) in [5.74, 6) is -0.812. The van der Waals surface area contributed by atoms with E-state index in [4.69, 9.17) is 9.84 Å². The summed E-state index contributed by atoms with van der Waals surface area (Å²) in [6.07, 6.45) is 1.04. The smallest absolute Gasteiger partial charge is 0.326 e. The molecule has 0 aliphatic rings. The Labute approximate surface area is 140 Å². The summed E-state index contributed by atoms with van der Waals surface area (Å²) in [7, 11) is 1.59. The van der Waals surface area contributed by atoms with Gasteiger partial charge in [-0.05, 0) is 43.7 Å². The SMILES string of the molecule is CCCC(NC(=O)c1cc(C)n(-c2ccc(OC)cc2)n1)C(=O)O. The highest BCUT2D eigenvalue weighted by Gasteiger charge is 2.21. The molecule has 0 aliphatic carbocycles. The highest BCUT2D eigenvalue weighted by atomic mass is 16.5. The molecule has 0 radical (unpaired) electrons. The topological polar surface area (TPSA) is 93.5 Å². The summed E-state index contributed by atoms with van der Waals surface area (Å²) in [4.78, 5) is 23.4. The monoisotopic (exact) mass is 331 g/mol. The Morgan fingerprint density at radius 2 is 2.00 bits per heavy atom. The van der Waals surface area contributed by atoms with Crippen LogP contribution in [0, 0.1) is 6.92 Å². The first-order chi connectivity index (χ1) is 11.5. The summed E-state index contributed by atoms with van der Waals surface area (Å²) in [6, 6.07) is 7.99. The summed E-state index contributed by atoms with van der Waals surface area (Å²) < 4.78 is 6.75. The minimum atomic E-state index is -1.04. The lowest BCUT2D eigenvalue weighted by Gasteiger charge is -2.12. The van der Waals surface area contributed by atoms with E-state index in [0.29, 0.717) is 12.8 Å². The van der Waals surface area contributed by atoms with Crippen molar-refractivity contribution in [1.82, 2.24) is 15.1 Å². The van der Waals surface area contributed by atoms with Crippen molar-refractivity contribution in [1.29, 1.82) is 0 Å². The first-order valence-electron chi connectivity index (χ1n) is 7.71. The van der Waals surface area contributed by atoms with Crippen LogP contribution in [0.4, 0.5) is 0 Å². The zero-order valence-electron chi connectivity index (χ0n) is 13.9. The van der Waals surface area contributed by atoms with E-state index in [0.717, 1.165) is 17.1 Å². The molecule has 0 saturated carbocycles. The van der Waals surface area contributed by atoms with E-state index in [2.05, 4.69) is 10.4 Å². The van der Waals surface area contributed by atoms with Crippen molar-refractivity contribution in [2.45, 2.75) is 32.7 Å². The molecule has 1 atom stereocenters. The number of rotatable bonds is 7. The second-order valence-corrected chi connectivity index (χ2v) is 5.43. The molecule has 7 heteroatoms. The van der Waals surface area contributed by atoms with Gasteiger partial charge in [-0.15, -0.1) is 0 Å². The molecule has 2 rings (SSSR count). The number of amides is 1. The fourth-order valence-corrected chi connectivity index (χ4v) is 2.35. The van der Waals surface area contributed by atoms with E-state index < -0.39 is 17.9 Å². The third kappa shape index (κ3) is 3.92. The first-order valence-corrected chi connectivity index (χ1v) is 7.71. The van der Waals surface area contributed by atoms with Crippen molar-refractivity contribution in [2.24, 2.45) is 0 Å². The molecule has 1 aromatic carbocycles. The van der Waals surface area contributed by atoms with E-state index in [-0.39, 0.29) is 5.69 Å². The predicted molar refractivity (Wildman–Crippen MR) is 88.7 cm³/mol. The van der Waals surface area contributed by atoms with E-state index in [1.807, 2.05) is 26.0 Å². The Morgan fingerprint density at radius 3 is 2.54 bits per heavy atom. The van der Waals surface area contributed by atoms with Gasteiger partial charge in [0.15, 0.2) is 5.69 Å². The number of carboxylic acids is 1. The number of aryl methyl sites for hydroxylation is 1. The number of nitrogens with one attached hydrogen (secondary N) is 1. The lowest BCUT2D eigenvalue weighted by Crippen LogP contribution is -2.40. The van der Waals surface area contributed by atoms with Crippen LogP contribution >= 0.6 is 0 Å². The highest BCUT2D eigenvalue weighted by Crippen LogP contribution is 2.17. The molecule has 0 fully saturated rings. The first kappa shape index (κ1) is 17.5. The van der Waals surface area contributed by atoms with Gasteiger partial charge in [0.25, 0.3) is 5.91 Å². The van der Waals surface area contributed by atoms with E-state index in [9.17, 15) is 9.59 Å². The zero-order chi connectivity index (χ0) is 17.7. The van der Waals surface area contributed by atoms with Gasteiger partial charge in [-0.1, -0.05) is 13.3 Å². The van der Waals surface area contributed by atoms with Crippen LogP contribution in [-0.2, 0) is 4.79 Å². The predicted octanol–water partition coefficient (Wildman–Crippen LogP) is 2.17. The Balaban J connectivity index is 2.20. The number of aliphatic carboxylic acids is 1. The number of carbonyl (C=O) groups excluding carboxylic acids is 1. The molecule has 0 spiro atoms. The number of nitrogens with zero attached hydrogens (tertiary/aromatic N) is 2. The largest absolute Gasteiger partial charge is 0.497 e. The Kier molecular flexibility index (Phi) is 5.57. The molecular weight excluding hydrogens is 310 g/mol. The minimum Gasteiger partial charge on any atom is -0.497 e. The number of hydrogen-bond acceptors (Lipinski definition) is 4. The van der Waals surface area contributed by atoms with Crippen LogP contribution in [0.5, 0.6) is 5.75 Å². The Bertz CT molecular complexity index is 722. The quantitative estimate of drug-likeness (QED) is 0.811. The molecule has 0 aliphatic heterocycles. The van der Waals surface area contributed by atoms with Gasteiger partial charge >= 0.3 is 5.97 Å². The third-order valence-electron chi connectivity index (χ3n) is 3.62. The van der Waals surface area contributed by atoms with Gasteiger partial charge in [-0.25, -0.2) is 9.48 Å². The number of methoxy groups -OCH3 is 1. The van der Waals surface area contributed by atoms with Crippen molar-refractivity contribution >= 4 is 11.9 Å². The normalized spacial score (nSPS) is 11.8. The van der Waals surface area contributed by atoms with Crippen molar-refractivity contribution in [2.75, 3.05) is 7.11 Å². The average Bonchev–Trinajstić information content (AvgIpc) is 2.96. The van der Waals surface area contributed by atoms with Crippen molar-refractivity contribution in [3.63, 3.8) is 0 Å². The maximum Gasteiger partial charge on any atom is 0.326 e. The van der Waals surface area contributed by atoms with Crippen LogP contribution < -0.4 is 10.1 Å². The Hall–Kier alpha value is -2.83. The second kappa shape index (κ2) is 7.63. The molecule has 2 N–H and O–H groups in total. The molecule has 2 aromatic rings. The number of aromatic nitrogens is 2. The third-order valence-corrected chi connectivity index (χ3v) is 3.62. The molecule has 1 heterocycles. The van der Waals surface area contributed by atoms with Crippen LogP contribution in [-0.4, -0.2) is 39.9 Å². The van der Waals surface area contributed by atoms with Gasteiger partial charge < -0.3 is 15.2 Å². The molecule has 128 valence electrons. The summed E-state index contributed by atoms with van der Waals surface area (Å²) in [5, 5.41) is 15.9. The summed E-state index contributed by atoms with van der Waals surface area (Å²) >= 11 is 0. The number of benzene rings is 1. The number of carboxylic acid groups (broad SMARTS) is 1. The molecule has 1 unspecified atom stereocenters. The molecule has 24 heavy (non-hydrogen) atoms. The zero-order valence-corrected chi connectivity index (χ0v) is 13.9. The van der Waals surface area contributed by atoms with Crippen LogP contribution in [0.2, 0.25) is 0 Å². The van der Waals surface area contributed by atoms with Crippen LogP contribution in [0.1, 0.15) is 35.9 Å². The van der Waals surface area contributed by atoms with Crippen molar-refractivity contribution < 1.29 is 19.4 Å². The summed E-state index contributed by atoms with van der Waals surface area (Å²) in [5.41, 5.74) is 1.74. The number of hydrogen-bond donors (Lipinski definition) is 2. The maximum atomic E-state index is 12.3. The maximum absolute atomic E-state index is 12.3. The lowest BCUT2D eigenvalue weighted by atomic mass is 10.1. The fraction of sp³-hybridized carbons (Fsp3) is 0.353. The fourth-order valence-electron chi connectivity index (χ4n) is 2.35. The second-order valence-electron chi connectivity index (χ2n) is 5.43. The molecule has 1 aromatic heterocycles. The molecule has 0 bridgehead atoms. The molecule has 7 nitrogen and oxygen atoms in total. The molecule has 1 amide bonds. The van der Waals surface area contributed by atoms with Crippen LogP contribution in [0.3, 0.4) is 0 Å². The van der Waals surface area contributed by atoms with Crippen LogP contribution in [0.25, 0.3) is 5.69 Å². The van der Waals surface area contributed by atoms with E-state index >= 15 is 0 Å². The number of ether oxygens (including phenoxy) is 1. The van der Waals surface area contributed by atoms with E-state index in [1.54, 1.807) is 30.0 Å². The van der Waals surface area contributed by atoms with Gasteiger partial charge in [0.05, 0.1) is 12.8 Å². The van der Waals surface area contributed by atoms with Gasteiger partial charge in [0.1, 0.15) is 11.8 Å². The number of carbonyl (C=O) groups is 2. The van der Waals surface area contributed by atoms with Crippen molar-refractivity contribution in [3.8, 4) is 11.4 Å².